The van der Waals surface area contributed by atoms with Crippen molar-refractivity contribution in [3.8, 4) is 22.8 Å². The van der Waals surface area contributed by atoms with Gasteiger partial charge in [0.1, 0.15) is 0 Å². The maximum Gasteiger partial charge on any atom is 0.411 e. The van der Waals surface area contributed by atoms with Gasteiger partial charge in [-0.05, 0) is 70.5 Å². The van der Waals surface area contributed by atoms with Crippen LogP contribution in [-0.2, 0) is 4.74 Å². The van der Waals surface area contributed by atoms with E-state index in [1.807, 2.05) is 20.8 Å². The zero-order valence-electron chi connectivity index (χ0n) is 20.3. The third-order valence-corrected chi connectivity index (χ3v) is 5.17. The van der Waals surface area contributed by atoms with E-state index < -0.39 is 6.09 Å². The minimum absolute atomic E-state index is 0.158. The van der Waals surface area contributed by atoms with Crippen molar-refractivity contribution in [3.05, 3.63) is 68.4 Å². The van der Waals surface area contributed by atoms with Gasteiger partial charge in [-0.1, -0.05) is 23.2 Å². The molecule has 0 saturated heterocycles. The molecule has 0 fully saturated rings. The number of hydrogen-bond acceptors (Lipinski definition) is 6. The summed E-state index contributed by atoms with van der Waals surface area (Å²) in [7, 11) is 0. The van der Waals surface area contributed by atoms with Gasteiger partial charge < -0.3 is 14.2 Å². The molecule has 188 valence electrons. The monoisotopic (exact) mass is 521 g/mol. The Morgan fingerprint density at radius 2 is 1.63 bits per heavy atom. The van der Waals surface area contributed by atoms with E-state index in [9.17, 15) is 9.59 Å². The topological polar surface area (TPSA) is 103 Å². The number of hydrogen-bond donors (Lipinski definition) is 2. The van der Waals surface area contributed by atoms with Gasteiger partial charge in [0.25, 0.3) is 5.56 Å². The first-order valence-corrected chi connectivity index (χ1v) is 11.8. The van der Waals surface area contributed by atoms with Crippen LogP contribution in [0.25, 0.3) is 11.3 Å². The summed E-state index contributed by atoms with van der Waals surface area (Å²) in [6.45, 7) is 10.3. The number of carbonyl (C=O) groups excluding carboxylic acids is 1. The van der Waals surface area contributed by atoms with Gasteiger partial charge in [0.05, 0.1) is 25.0 Å². The highest BCUT2D eigenvalue weighted by molar-refractivity contribution is 6.36. The van der Waals surface area contributed by atoms with Gasteiger partial charge >= 0.3 is 6.09 Å². The Hall–Kier alpha value is -3.23. The Morgan fingerprint density at radius 1 is 1.00 bits per heavy atom. The predicted octanol–water partition coefficient (Wildman–Crippen LogP) is 6.49. The Bertz CT molecular complexity index is 1150. The van der Waals surface area contributed by atoms with Gasteiger partial charge in [-0.3, -0.25) is 10.1 Å². The molecule has 0 unspecified atom stereocenters. The van der Waals surface area contributed by atoms with Crippen molar-refractivity contribution in [3.63, 3.8) is 0 Å². The van der Waals surface area contributed by atoms with E-state index in [1.54, 1.807) is 50.2 Å². The zero-order chi connectivity index (χ0) is 26.0. The molecule has 1 heterocycles. The fourth-order valence-corrected chi connectivity index (χ4v) is 3.28. The van der Waals surface area contributed by atoms with Crippen molar-refractivity contribution >= 4 is 35.0 Å². The SMILES string of the molecule is CCOc1ccc(NC(=O)OC(C)C)cc1OCC.Cc1c(Cl)cc(-c2ccc(=O)[nH]n2)cc1Cl. The number of nitrogens with one attached hydrogen (secondary N) is 2. The smallest absolute Gasteiger partial charge is 0.411 e. The third-order valence-electron chi connectivity index (χ3n) is 4.39. The average Bonchev–Trinajstić information content (AvgIpc) is 2.79. The lowest BCUT2D eigenvalue weighted by molar-refractivity contribution is 0.130. The number of carbonyl (C=O) groups is 1. The summed E-state index contributed by atoms with van der Waals surface area (Å²) >= 11 is 12.0. The Kier molecular flexibility index (Phi) is 10.9. The molecule has 2 aromatic carbocycles. The largest absolute Gasteiger partial charge is 0.490 e. The molecule has 0 spiro atoms. The molecule has 0 aliphatic carbocycles. The highest BCUT2D eigenvalue weighted by Gasteiger charge is 2.10. The molecule has 0 radical (unpaired) electrons. The number of anilines is 1. The van der Waals surface area contributed by atoms with Gasteiger partial charge in [0.2, 0.25) is 0 Å². The first-order valence-electron chi connectivity index (χ1n) is 11.0. The van der Waals surface area contributed by atoms with E-state index in [0.717, 1.165) is 11.1 Å². The molecule has 8 nitrogen and oxygen atoms in total. The van der Waals surface area contributed by atoms with Crippen molar-refractivity contribution in [2.24, 2.45) is 0 Å². The van der Waals surface area contributed by atoms with Gasteiger partial charge in [-0.2, -0.15) is 5.10 Å². The zero-order valence-corrected chi connectivity index (χ0v) is 21.8. The Labute approximate surface area is 214 Å². The van der Waals surface area contributed by atoms with Crippen LogP contribution >= 0.6 is 23.2 Å². The standard InChI is InChI=1S/C14H21NO4.C11H8Cl2N2O/c1-5-17-12-8-7-11(9-13(12)18-6-2)15-14(16)19-10(3)4;1-6-8(12)4-7(5-9(6)13)10-2-3-11(16)15-14-10/h7-10H,5-6H2,1-4H3,(H,15,16);2-5H,1H3,(H,15,16). The highest BCUT2D eigenvalue weighted by Crippen LogP contribution is 2.31. The lowest BCUT2D eigenvalue weighted by atomic mass is 10.1. The first-order chi connectivity index (χ1) is 16.6. The van der Waals surface area contributed by atoms with Crippen LogP contribution in [0.3, 0.4) is 0 Å². The fourth-order valence-electron chi connectivity index (χ4n) is 2.79. The summed E-state index contributed by atoms with van der Waals surface area (Å²) in [5.41, 5.74) is 2.60. The average molecular weight is 522 g/mol. The Balaban J connectivity index is 0.000000250. The molecule has 0 saturated carbocycles. The molecule has 3 aromatic rings. The van der Waals surface area contributed by atoms with Gasteiger partial charge in [-0.25, -0.2) is 9.89 Å². The molecule has 3 rings (SSSR count). The summed E-state index contributed by atoms with van der Waals surface area (Å²) in [5, 5.41) is 10.1. The van der Waals surface area contributed by atoms with Crippen LogP contribution in [-0.4, -0.2) is 35.6 Å². The lowest BCUT2D eigenvalue weighted by Gasteiger charge is -2.13. The molecular formula is C25H29Cl2N3O5. The van der Waals surface area contributed by atoms with Crippen molar-refractivity contribution in [2.75, 3.05) is 18.5 Å². The molecule has 0 aliphatic rings. The number of aromatic nitrogens is 2. The van der Waals surface area contributed by atoms with E-state index in [0.29, 0.717) is 46.1 Å². The van der Waals surface area contributed by atoms with Crippen LogP contribution in [0.2, 0.25) is 10.0 Å². The van der Waals surface area contributed by atoms with Crippen LogP contribution in [0.15, 0.2) is 47.3 Å². The summed E-state index contributed by atoms with van der Waals surface area (Å²) in [6.07, 6.45) is -0.643. The van der Waals surface area contributed by atoms with Gasteiger partial charge in [0, 0.05) is 33.4 Å². The quantitative estimate of drug-likeness (QED) is 0.368. The summed E-state index contributed by atoms with van der Waals surface area (Å²) in [5.74, 6) is 1.26. The second-order valence-corrected chi connectivity index (χ2v) is 8.29. The number of ether oxygens (including phenoxy) is 3. The van der Waals surface area contributed by atoms with Gasteiger partial charge in [0.15, 0.2) is 11.5 Å². The number of amides is 1. The van der Waals surface area contributed by atoms with Crippen molar-refractivity contribution in [1.82, 2.24) is 10.2 Å². The molecule has 35 heavy (non-hydrogen) atoms. The summed E-state index contributed by atoms with van der Waals surface area (Å²) < 4.78 is 15.9. The second kappa shape index (κ2) is 13.6. The molecular weight excluding hydrogens is 493 g/mol. The second-order valence-electron chi connectivity index (χ2n) is 7.48. The normalized spacial score (nSPS) is 10.3. The van der Waals surface area contributed by atoms with Crippen LogP contribution < -0.4 is 20.3 Å². The maximum atomic E-state index is 11.5. The molecule has 1 amide bonds. The van der Waals surface area contributed by atoms with E-state index in [1.165, 1.54) is 6.07 Å². The minimum Gasteiger partial charge on any atom is -0.490 e. The van der Waals surface area contributed by atoms with Gasteiger partial charge in [-0.15, -0.1) is 0 Å². The highest BCUT2D eigenvalue weighted by atomic mass is 35.5. The fraction of sp³-hybridized carbons (Fsp3) is 0.320. The van der Waals surface area contributed by atoms with Crippen molar-refractivity contribution < 1.29 is 19.0 Å². The summed E-state index contributed by atoms with van der Waals surface area (Å²) in [6, 6.07) is 11.8. The molecule has 0 atom stereocenters. The van der Waals surface area contributed by atoms with Crippen molar-refractivity contribution in [1.29, 1.82) is 0 Å². The van der Waals surface area contributed by atoms with Crippen LogP contribution in [0.1, 0.15) is 33.3 Å². The van der Waals surface area contributed by atoms with E-state index in [2.05, 4.69) is 15.5 Å². The number of benzene rings is 2. The lowest BCUT2D eigenvalue weighted by Crippen LogP contribution is -2.18. The third kappa shape index (κ3) is 8.81. The molecule has 0 aliphatic heterocycles. The van der Waals surface area contributed by atoms with E-state index >= 15 is 0 Å². The number of H-pyrrole nitrogens is 1. The maximum absolute atomic E-state index is 11.5. The first kappa shape index (κ1) is 28.0. The minimum atomic E-state index is -0.485. The number of rotatable bonds is 7. The van der Waals surface area contributed by atoms with Crippen LogP contribution in [0.4, 0.5) is 10.5 Å². The van der Waals surface area contributed by atoms with Crippen molar-refractivity contribution in [2.45, 2.75) is 40.7 Å². The number of nitrogens with zero attached hydrogens (tertiary/aromatic N) is 1. The van der Waals surface area contributed by atoms with Crippen LogP contribution in [0, 0.1) is 6.92 Å². The molecule has 0 bridgehead atoms. The molecule has 10 heteroatoms. The summed E-state index contributed by atoms with van der Waals surface area (Å²) in [4.78, 5) is 22.4. The Morgan fingerprint density at radius 3 is 2.17 bits per heavy atom. The van der Waals surface area contributed by atoms with E-state index in [-0.39, 0.29) is 11.7 Å². The predicted molar refractivity (Wildman–Crippen MR) is 139 cm³/mol. The van der Waals surface area contributed by atoms with Crippen LogP contribution in [0.5, 0.6) is 11.5 Å². The number of aromatic amines is 1. The molecule has 1 aromatic heterocycles. The number of halogens is 2. The molecule has 2 N–H and O–H groups in total. The van der Waals surface area contributed by atoms with E-state index in [4.69, 9.17) is 37.4 Å².